The first-order chi connectivity index (χ1) is 9.08. The molecule has 0 fully saturated rings. The Morgan fingerprint density at radius 3 is 2.37 bits per heavy atom. The molecule has 0 N–H and O–H groups in total. The van der Waals surface area contributed by atoms with Crippen molar-refractivity contribution in [1.82, 2.24) is 0 Å². The van der Waals surface area contributed by atoms with Gasteiger partial charge in [-0.3, -0.25) is 0 Å². The Kier molecular flexibility index (Phi) is 2.74. The van der Waals surface area contributed by atoms with Gasteiger partial charge in [0.15, 0.2) is 0 Å². The summed E-state index contributed by atoms with van der Waals surface area (Å²) in [5.74, 6) is 0. The van der Waals surface area contributed by atoms with E-state index in [4.69, 9.17) is 0 Å². The first kappa shape index (κ1) is 12.1. The van der Waals surface area contributed by atoms with Crippen LogP contribution in [0.15, 0.2) is 30.3 Å². The molecule has 19 heavy (non-hydrogen) atoms. The Bertz CT molecular complexity index is 627. The van der Waals surface area contributed by atoms with Crippen LogP contribution < -0.4 is 9.80 Å². The highest BCUT2D eigenvalue weighted by molar-refractivity contribution is 5.85. The summed E-state index contributed by atoms with van der Waals surface area (Å²) in [6.45, 7) is 0. The SMILES string of the molecule is CN(C)c1[c]c2c(cc1N(C)C)-c1ccccc1C2. The maximum atomic E-state index is 3.61. The summed E-state index contributed by atoms with van der Waals surface area (Å²) in [6.07, 6.45) is 1.00. The number of nitrogens with zero attached hydrogens (tertiary/aromatic N) is 2. The topological polar surface area (TPSA) is 6.48 Å². The van der Waals surface area contributed by atoms with Gasteiger partial charge in [-0.15, -0.1) is 0 Å². The van der Waals surface area contributed by atoms with Gasteiger partial charge in [0.2, 0.25) is 0 Å². The van der Waals surface area contributed by atoms with Gasteiger partial charge in [0.05, 0.1) is 11.4 Å². The molecule has 2 aromatic rings. The van der Waals surface area contributed by atoms with Crippen molar-refractivity contribution < 1.29 is 0 Å². The van der Waals surface area contributed by atoms with Gasteiger partial charge in [-0.05, 0) is 34.7 Å². The fourth-order valence-corrected chi connectivity index (χ4v) is 2.76. The first-order valence-corrected chi connectivity index (χ1v) is 6.60. The van der Waals surface area contributed by atoms with E-state index in [-0.39, 0.29) is 0 Å². The number of fused-ring (bicyclic) bond motifs is 3. The molecule has 0 saturated carbocycles. The van der Waals surface area contributed by atoms with Gasteiger partial charge >= 0.3 is 0 Å². The number of rotatable bonds is 2. The zero-order chi connectivity index (χ0) is 13.6. The summed E-state index contributed by atoms with van der Waals surface area (Å²) in [6, 6.07) is 14.6. The third-order valence-corrected chi connectivity index (χ3v) is 3.72. The predicted octanol–water partition coefficient (Wildman–Crippen LogP) is 3.19. The van der Waals surface area contributed by atoms with Crippen molar-refractivity contribution in [2.24, 2.45) is 0 Å². The van der Waals surface area contributed by atoms with E-state index in [1.54, 1.807) is 0 Å². The molecule has 97 valence electrons. The van der Waals surface area contributed by atoms with Gasteiger partial charge in [0.25, 0.3) is 0 Å². The van der Waals surface area contributed by atoms with Gasteiger partial charge in [-0.25, -0.2) is 0 Å². The number of benzene rings is 2. The molecule has 0 spiro atoms. The molecule has 1 aliphatic rings. The van der Waals surface area contributed by atoms with Gasteiger partial charge in [0.1, 0.15) is 0 Å². The summed E-state index contributed by atoms with van der Waals surface area (Å²) in [7, 11) is 8.33. The van der Waals surface area contributed by atoms with Crippen molar-refractivity contribution >= 4 is 11.4 Å². The van der Waals surface area contributed by atoms with Crippen molar-refractivity contribution in [3.8, 4) is 11.1 Å². The van der Waals surface area contributed by atoms with Gasteiger partial charge in [-0.1, -0.05) is 24.3 Å². The van der Waals surface area contributed by atoms with Gasteiger partial charge in [0, 0.05) is 34.3 Å². The van der Waals surface area contributed by atoms with Crippen LogP contribution in [0, 0.1) is 6.07 Å². The third kappa shape index (κ3) is 1.88. The van der Waals surface area contributed by atoms with Crippen LogP contribution in [0.2, 0.25) is 0 Å². The molecule has 0 aromatic heterocycles. The summed E-state index contributed by atoms with van der Waals surface area (Å²) < 4.78 is 0. The van der Waals surface area contributed by atoms with Crippen LogP contribution in [0.4, 0.5) is 11.4 Å². The van der Waals surface area contributed by atoms with Crippen molar-refractivity contribution in [3.05, 3.63) is 47.5 Å². The van der Waals surface area contributed by atoms with Gasteiger partial charge in [-0.2, -0.15) is 0 Å². The molecule has 2 aromatic carbocycles. The van der Waals surface area contributed by atoms with Crippen molar-refractivity contribution in [1.29, 1.82) is 0 Å². The van der Waals surface area contributed by atoms with E-state index in [9.17, 15) is 0 Å². The Morgan fingerprint density at radius 1 is 0.947 bits per heavy atom. The molecule has 1 radical (unpaired) electrons. The molecule has 0 unspecified atom stereocenters. The van der Waals surface area contributed by atoms with Crippen LogP contribution >= 0.6 is 0 Å². The second-order valence-electron chi connectivity index (χ2n) is 5.52. The molecule has 2 nitrogen and oxygen atoms in total. The molecule has 0 saturated heterocycles. The molecule has 0 amide bonds. The lowest BCUT2D eigenvalue weighted by atomic mass is 10.0. The molecule has 0 aliphatic heterocycles. The minimum absolute atomic E-state index is 1.00. The van der Waals surface area contributed by atoms with Crippen LogP contribution in [0.1, 0.15) is 11.1 Å². The molecular formula is C17H19N2. The van der Waals surface area contributed by atoms with E-state index in [1.165, 1.54) is 27.9 Å². The highest BCUT2D eigenvalue weighted by Gasteiger charge is 2.21. The van der Waals surface area contributed by atoms with E-state index in [0.717, 1.165) is 12.1 Å². The van der Waals surface area contributed by atoms with Crippen LogP contribution in [0.5, 0.6) is 0 Å². The molecule has 0 bridgehead atoms. The quantitative estimate of drug-likeness (QED) is 0.690. The summed E-state index contributed by atoms with van der Waals surface area (Å²) in [4.78, 5) is 4.30. The number of hydrogen-bond donors (Lipinski definition) is 0. The predicted molar refractivity (Wildman–Crippen MR) is 82.2 cm³/mol. The normalized spacial score (nSPS) is 12.0. The molecule has 3 rings (SSSR count). The first-order valence-electron chi connectivity index (χ1n) is 6.60. The summed E-state index contributed by atoms with van der Waals surface area (Å²) in [5.41, 5.74) is 7.81. The summed E-state index contributed by atoms with van der Waals surface area (Å²) >= 11 is 0. The Balaban J connectivity index is 2.21. The zero-order valence-electron chi connectivity index (χ0n) is 12.0. The fraction of sp³-hybridized carbons (Fsp3) is 0.294. The monoisotopic (exact) mass is 251 g/mol. The van der Waals surface area contributed by atoms with Crippen LogP contribution in [-0.2, 0) is 6.42 Å². The minimum Gasteiger partial charge on any atom is -0.376 e. The summed E-state index contributed by atoms with van der Waals surface area (Å²) in [5, 5.41) is 0. The highest BCUT2D eigenvalue weighted by atomic mass is 15.1. The van der Waals surface area contributed by atoms with E-state index in [2.05, 4.69) is 74.4 Å². The minimum atomic E-state index is 1.00. The molecule has 2 heteroatoms. The molecule has 0 heterocycles. The van der Waals surface area contributed by atoms with E-state index in [0.29, 0.717) is 0 Å². The van der Waals surface area contributed by atoms with Crippen molar-refractivity contribution in [2.45, 2.75) is 6.42 Å². The maximum Gasteiger partial charge on any atom is 0.0682 e. The molecule has 0 atom stereocenters. The van der Waals surface area contributed by atoms with Crippen LogP contribution in [0.25, 0.3) is 11.1 Å². The lowest BCUT2D eigenvalue weighted by Gasteiger charge is -2.23. The van der Waals surface area contributed by atoms with E-state index < -0.39 is 0 Å². The fourth-order valence-electron chi connectivity index (χ4n) is 2.76. The molecular weight excluding hydrogens is 232 g/mol. The Labute approximate surface area is 115 Å². The third-order valence-electron chi connectivity index (χ3n) is 3.72. The average molecular weight is 251 g/mol. The zero-order valence-corrected chi connectivity index (χ0v) is 12.0. The van der Waals surface area contributed by atoms with Crippen LogP contribution in [0.3, 0.4) is 0 Å². The lowest BCUT2D eigenvalue weighted by molar-refractivity contribution is 1.07. The lowest BCUT2D eigenvalue weighted by Crippen LogP contribution is -2.17. The van der Waals surface area contributed by atoms with E-state index in [1.807, 2.05) is 0 Å². The smallest absolute Gasteiger partial charge is 0.0682 e. The van der Waals surface area contributed by atoms with Crippen LogP contribution in [-0.4, -0.2) is 28.2 Å². The Morgan fingerprint density at radius 2 is 1.68 bits per heavy atom. The maximum absolute atomic E-state index is 3.61. The second-order valence-corrected chi connectivity index (χ2v) is 5.52. The Hall–Kier alpha value is -1.96. The number of hydrogen-bond acceptors (Lipinski definition) is 2. The van der Waals surface area contributed by atoms with Crippen molar-refractivity contribution in [2.75, 3.05) is 38.0 Å². The number of anilines is 2. The average Bonchev–Trinajstić information content (AvgIpc) is 2.74. The second kappa shape index (κ2) is 4.30. The molecule has 1 aliphatic carbocycles. The van der Waals surface area contributed by atoms with Gasteiger partial charge < -0.3 is 9.80 Å². The standard InChI is InChI=1S/C17H19N2/c1-18(2)16-10-13-9-12-7-5-6-8-14(12)15(13)11-17(16)19(3)4/h5-8,11H,9H2,1-4H3. The van der Waals surface area contributed by atoms with Crippen molar-refractivity contribution in [3.63, 3.8) is 0 Å². The largest absolute Gasteiger partial charge is 0.376 e. The highest BCUT2D eigenvalue weighted by Crippen LogP contribution is 2.41. The van der Waals surface area contributed by atoms with E-state index >= 15 is 0 Å².